The summed E-state index contributed by atoms with van der Waals surface area (Å²) >= 11 is 5.26. The van der Waals surface area contributed by atoms with Crippen LogP contribution < -0.4 is 0 Å². The summed E-state index contributed by atoms with van der Waals surface area (Å²) in [5.41, 5.74) is -0.251. The topological polar surface area (TPSA) is 57.5 Å². The molecule has 1 rings (SSSR count). The molecular formula is C7H4ClFO3. The molecule has 5 heteroatoms. The van der Waals surface area contributed by atoms with Crippen molar-refractivity contribution in [2.45, 2.75) is 0 Å². The van der Waals surface area contributed by atoms with E-state index in [0.29, 0.717) is 0 Å². The standard InChI is InChI=1S/C7H4ClFO3/c8-4-1-3(7(11)12)2-5(10)6(4)9/h1-2,10H,(H,11,12). The highest BCUT2D eigenvalue weighted by Gasteiger charge is 2.11. The average Bonchev–Trinajstić information content (AvgIpc) is 1.99. The first kappa shape index (κ1) is 8.80. The second-order valence-corrected chi connectivity index (χ2v) is 2.50. The van der Waals surface area contributed by atoms with E-state index in [9.17, 15) is 9.18 Å². The van der Waals surface area contributed by atoms with Gasteiger partial charge in [-0.1, -0.05) is 11.6 Å². The Morgan fingerprint density at radius 1 is 1.50 bits per heavy atom. The lowest BCUT2D eigenvalue weighted by molar-refractivity contribution is 0.0696. The minimum absolute atomic E-state index is 0.251. The molecule has 0 aliphatic rings. The fourth-order valence-electron chi connectivity index (χ4n) is 0.698. The quantitative estimate of drug-likeness (QED) is 0.711. The summed E-state index contributed by atoms with van der Waals surface area (Å²) in [6, 6.07) is 1.72. The molecular weight excluding hydrogens is 187 g/mol. The van der Waals surface area contributed by atoms with Gasteiger partial charge in [-0.2, -0.15) is 0 Å². The Hall–Kier alpha value is -1.29. The van der Waals surface area contributed by atoms with Crippen LogP contribution in [0.1, 0.15) is 10.4 Å². The Labute approximate surface area is 72.0 Å². The van der Waals surface area contributed by atoms with Gasteiger partial charge in [0, 0.05) is 0 Å². The van der Waals surface area contributed by atoms with Crippen molar-refractivity contribution >= 4 is 17.6 Å². The van der Waals surface area contributed by atoms with Gasteiger partial charge >= 0.3 is 5.97 Å². The Morgan fingerprint density at radius 2 is 2.08 bits per heavy atom. The summed E-state index contributed by atoms with van der Waals surface area (Å²) in [4.78, 5) is 10.3. The number of phenols is 1. The summed E-state index contributed by atoms with van der Waals surface area (Å²) in [6.07, 6.45) is 0. The summed E-state index contributed by atoms with van der Waals surface area (Å²) in [6.45, 7) is 0. The van der Waals surface area contributed by atoms with Gasteiger partial charge in [0.05, 0.1) is 10.6 Å². The zero-order chi connectivity index (χ0) is 9.30. The van der Waals surface area contributed by atoms with E-state index in [0.717, 1.165) is 12.1 Å². The fraction of sp³-hybridized carbons (Fsp3) is 0. The number of aromatic hydroxyl groups is 1. The molecule has 0 atom stereocenters. The Bertz CT molecular complexity index is 314. The Kier molecular flexibility index (Phi) is 2.19. The van der Waals surface area contributed by atoms with Crippen LogP contribution in [0.5, 0.6) is 5.75 Å². The zero-order valence-corrected chi connectivity index (χ0v) is 6.47. The summed E-state index contributed by atoms with van der Waals surface area (Å²) < 4.78 is 12.6. The van der Waals surface area contributed by atoms with E-state index in [1.165, 1.54) is 0 Å². The molecule has 0 aliphatic carbocycles. The van der Waals surface area contributed by atoms with Gasteiger partial charge < -0.3 is 10.2 Å². The number of benzene rings is 1. The van der Waals surface area contributed by atoms with Gasteiger partial charge in [-0.05, 0) is 12.1 Å². The van der Waals surface area contributed by atoms with Gasteiger partial charge in [0.2, 0.25) is 0 Å². The van der Waals surface area contributed by atoms with Crippen molar-refractivity contribution in [2.75, 3.05) is 0 Å². The minimum atomic E-state index is -1.27. The molecule has 12 heavy (non-hydrogen) atoms. The molecule has 0 saturated heterocycles. The van der Waals surface area contributed by atoms with E-state index in [1.54, 1.807) is 0 Å². The van der Waals surface area contributed by atoms with Crippen molar-refractivity contribution in [3.8, 4) is 5.75 Å². The minimum Gasteiger partial charge on any atom is -0.505 e. The third-order valence-corrected chi connectivity index (χ3v) is 1.53. The highest BCUT2D eigenvalue weighted by molar-refractivity contribution is 6.31. The predicted octanol–water partition coefficient (Wildman–Crippen LogP) is 1.88. The lowest BCUT2D eigenvalue weighted by Crippen LogP contribution is -1.96. The molecule has 0 amide bonds. The van der Waals surface area contributed by atoms with Crippen LogP contribution in [0.15, 0.2) is 12.1 Å². The zero-order valence-electron chi connectivity index (χ0n) is 5.71. The monoisotopic (exact) mass is 190 g/mol. The molecule has 64 valence electrons. The van der Waals surface area contributed by atoms with E-state index >= 15 is 0 Å². The normalized spacial score (nSPS) is 9.83. The lowest BCUT2D eigenvalue weighted by Gasteiger charge is -1.99. The fourth-order valence-corrected chi connectivity index (χ4v) is 0.912. The number of carboxylic acid groups (broad SMARTS) is 1. The first-order valence-corrected chi connectivity index (χ1v) is 3.31. The van der Waals surface area contributed by atoms with Gasteiger partial charge in [0.15, 0.2) is 11.6 Å². The molecule has 0 unspecified atom stereocenters. The summed E-state index contributed by atoms with van der Waals surface area (Å²) in [5.74, 6) is -3.05. The number of rotatable bonds is 1. The predicted molar refractivity (Wildman–Crippen MR) is 40.0 cm³/mol. The van der Waals surface area contributed by atoms with Crippen LogP contribution in [0.25, 0.3) is 0 Å². The van der Waals surface area contributed by atoms with Gasteiger partial charge in [0.25, 0.3) is 0 Å². The van der Waals surface area contributed by atoms with Crippen LogP contribution in [0.3, 0.4) is 0 Å². The molecule has 0 radical (unpaired) electrons. The van der Waals surface area contributed by atoms with E-state index in [4.69, 9.17) is 21.8 Å². The van der Waals surface area contributed by atoms with Gasteiger partial charge in [-0.3, -0.25) is 0 Å². The molecule has 0 fully saturated rings. The summed E-state index contributed by atoms with van der Waals surface area (Å²) in [5, 5.41) is 16.8. The number of carboxylic acids is 1. The maximum absolute atomic E-state index is 12.6. The van der Waals surface area contributed by atoms with E-state index in [-0.39, 0.29) is 5.56 Å². The molecule has 1 aromatic rings. The van der Waals surface area contributed by atoms with Crippen LogP contribution >= 0.6 is 11.6 Å². The number of aromatic carboxylic acids is 1. The Balaban J connectivity index is 3.31. The molecule has 0 aliphatic heterocycles. The lowest BCUT2D eigenvalue weighted by atomic mass is 10.2. The molecule has 1 aromatic carbocycles. The van der Waals surface area contributed by atoms with Gasteiger partial charge in [-0.25, -0.2) is 9.18 Å². The van der Waals surface area contributed by atoms with Crippen molar-refractivity contribution in [3.63, 3.8) is 0 Å². The van der Waals surface area contributed by atoms with Crippen molar-refractivity contribution in [3.05, 3.63) is 28.5 Å². The molecule has 0 aromatic heterocycles. The summed E-state index contributed by atoms with van der Waals surface area (Å²) in [7, 11) is 0. The molecule has 0 spiro atoms. The van der Waals surface area contributed by atoms with Crippen LogP contribution in [0, 0.1) is 5.82 Å². The van der Waals surface area contributed by atoms with Crippen LogP contribution in [-0.4, -0.2) is 16.2 Å². The SMILES string of the molecule is O=C(O)c1cc(O)c(F)c(Cl)c1. The second-order valence-electron chi connectivity index (χ2n) is 2.10. The number of phenolic OH excluding ortho intramolecular Hbond substituents is 1. The highest BCUT2D eigenvalue weighted by atomic mass is 35.5. The molecule has 0 heterocycles. The van der Waals surface area contributed by atoms with Crippen molar-refractivity contribution in [1.82, 2.24) is 0 Å². The van der Waals surface area contributed by atoms with E-state index < -0.39 is 22.6 Å². The van der Waals surface area contributed by atoms with Crippen LogP contribution in [0.4, 0.5) is 4.39 Å². The highest BCUT2D eigenvalue weighted by Crippen LogP contribution is 2.25. The largest absolute Gasteiger partial charge is 0.505 e. The third kappa shape index (κ3) is 1.48. The first-order chi connectivity index (χ1) is 5.52. The van der Waals surface area contributed by atoms with Crippen LogP contribution in [-0.2, 0) is 0 Å². The second kappa shape index (κ2) is 2.98. The Morgan fingerprint density at radius 3 is 2.50 bits per heavy atom. The molecule has 3 nitrogen and oxygen atoms in total. The van der Waals surface area contributed by atoms with Gasteiger partial charge in [0.1, 0.15) is 0 Å². The smallest absolute Gasteiger partial charge is 0.335 e. The first-order valence-electron chi connectivity index (χ1n) is 2.93. The average molecular weight is 191 g/mol. The molecule has 0 bridgehead atoms. The number of hydrogen-bond donors (Lipinski definition) is 2. The number of halogens is 2. The number of hydrogen-bond acceptors (Lipinski definition) is 2. The maximum Gasteiger partial charge on any atom is 0.335 e. The van der Waals surface area contributed by atoms with Gasteiger partial charge in [-0.15, -0.1) is 0 Å². The van der Waals surface area contributed by atoms with Crippen molar-refractivity contribution < 1.29 is 19.4 Å². The third-order valence-electron chi connectivity index (χ3n) is 1.26. The van der Waals surface area contributed by atoms with E-state index in [2.05, 4.69) is 0 Å². The molecule has 2 N–H and O–H groups in total. The van der Waals surface area contributed by atoms with Crippen LogP contribution in [0.2, 0.25) is 5.02 Å². The number of carbonyl (C=O) groups is 1. The van der Waals surface area contributed by atoms with Crippen molar-refractivity contribution in [1.29, 1.82) is 0 Å². The van der Waals surface area contributed by atoms with Crippen molar-refractivity contribution in [2.24, 2.45) is 0 Å². The molecule has 0 saturated carbocycles. The maximum atomic E-state index is 12.6. The van der Waals surface area contributed by atoms with E-state index in [1.807, 2.05) is 0 Å².